The van der Waals surface area contributed by atoms with E-state index >= 15 is 0 Å². The second kappa shape index (κ2) is 6.78. The van der Waals surface area contributed by atoms with Crippen molar-refractivity contribution in [3.05, 3.63) is 23.8 Å². The van der Waals surface area contributed by atoms with Crippen LogP contribution >= 0.6 is 7.37 Å². The van der Waals surface area contributed by atoms with E-state index in [-0.39, 0.29) is 12.3 Å². The molecule has 1 unspecified atom stereocenters. The first-order valence-electron chi connectivity index (χ1n) is 5.70. The monoisotopic (exact) mass is 273 g/mol. The summed E-state index contributed by atoms with van der Waals surface area (Å²) < 4.78 is 21.7. The molecule has 1 rings (SSSR count). The molecule has 0 heterocycles. The predicted octanol–water partition coefficient (Wildman–Crippen LogP) is 1.74. The highest BCUT2D eigenvalue weighted by atomic mass is 31.2. The molecular weight excluding hydrogens is 253 g/mol. The van der Waals surface area contributed by atoms with Crippen LogP contribution in [0.2, 0.25) is 0 Å². The standard InChI is InChI=1S/C12H20NO4P/c1-16-6-8-18(14,15)7-5-10-3-4-11(13)12(9-10)17-2/h3-4,9H,5-8,13H2,1-2H3,(H,14,15). The summed E-state index contributed by atoms with van der Waals surface area (Å²) in [5.74, 6) is 0.595. The van der Waals surface area contributed by atoms with Gasteiger partial charge < -0.3 is 20.1 Å². The summed E-state index contributed by atoms with van der Waals surface area (Å²) in [7, 11) is -0.0417. The van der Waals surface area contributed by atoms with Crippen LogP contribution in [0.25, 0.3) is 0 Å². The Labute approximate surface area is 107 Å². The lowest BCUT2D eigenvalue weighted by Gasteiger charge is -2.12. The Morgan fingerprint density at radius 2 is 2.06 bits per heavy atom. The molecule has 0 aromatic heterocycles. The molecule has 0 amide bonds. The molecule has 0 spiro atoms. The van der Waals surface area contributed by atoms with Gasteiger partial charge in [-0.05, 0) is 24.1 Å². The van der Waals surface area contributed by atoms with Crippen molar-refractivity contribution in [3.8, 4) is 5.75 Å². The molecule has 0 aliphatic rings. The van der Waals surface area contributed by atoms with Crippen LogP contribution in [0.3, 0.4) is 0 Å². The maximum atomic E-state index is 11.8. The summed E-state index contributed by atoms with van der Waals surface area (Å²) in [6, 6.07) is 5.38. The van der Waals surface area contributed by atoms with Crippen LogP contribution in [0.15, 0.2) is 18.2 Å². The molecule has 0 aliphatic carbocycles. The number of nitrogens with two attached hydrogens (primary N) is 1. The average molecular weight is 273 g/mol. The van der Waals surface area contributed by atoms with Crippen molar-refractivity contribution in [3.63, 3.8) is 0 Å². The Morgan fingerprint density at radius 3 is 2.67 bits per heavy atom. The van der Waals surface area contributed by atoms with Crippen LogP contribution in [0.1, 0.15) is 5.56 Å². The lowest BCUT2D eigenvalue weighted by atomic mass is 10.1. The quantitative estimate of drug-likeness (QED) is 0.584. The van der Waals surface area contributed by atoms with Gasteiger partial charge in [-0.25, -0.2) is 0 Å². The van der Waals surface area contributed by atoms with Gasteiger partial charge in [-0.1, -0.05) is 6.07 Å². The van der Waals surface area contributed by atoms with E-state index in [1.165, 1.54) is 7.11 Å². The molecule has 0 saturated heterocycles. The molecular formula is C12H20NO4P. The lowest BCUT2D eigenvalue weighted by molar-refractivity contribution is 0.214. The number of benzene rings is 1. The zero-order valence-corrected chi connectivity index (χ0v) is 11.7. The minimum Gasteiger partial charge on any atom is -0.495 e. The SMILES string of the molecule is COCCP(=O)(O)CCc1ccc(N)c(OC)c1. The first-order valence-corrected chi connectivity index (χ1v) is 7.73. The summed E-state index contributed by atoms with van der Waals surface area (Å²) in [5, 5.41) is 0. The fourth-order valence-electron chi connectivity index (χ4n) is 1.56. The van der Waals surface area contributed by atoms with Crippen molar-refractivity contribution in [2.24, 2.45) is 0 Å². The van der Waals surface area contributed by atoms with Crippen LogP contribution in [0.5, 0.6) is 5.75 Å². The molecule has 0 radical (unpaired) electrons. The maximum absolute atomic E-state index is 11.8. The number of methoxy groups -OCH3 is 2. The molecule has 5 nitrogen and oxygen atoms in total. The molecule has 1 aromatic carbocycles. The summed E-state index contributed by atoms with van der Waals surface area (Å²) in [6.45, 7) is 0.304. The highest BCUT2D eigenvalue weighted by Crippen LogP contribution is 2.40. The van der Waals surface area contributed by atoms with Crippen molar-refractivity contribution < 1.29 is 18.9 Å². The van der Waals surface area contributed by atoms with Gasteiger partial charge in [-0.15, -0.1) is 0 Å². The Kier molecular flexibility index (Phi) is 5.66. The molecule has 0 aliphatic heterocycles. The molecule has 1 atom stereocenters. The average Bonchev–Trinajstić information content (AvgIpc) is 2.35. The van der Waals surface area contributed by atoms with Gasteiger partial charge in [0.2, 0.25) is 7.37 Å². The summed E-state index contributed by atoms with van der Waals surface area (Å²) in [6.07, 6.45) is 0.952. The number of aryl methyl sites for hydroxylation is 1. The molecule has 102 valence electrons. The third-order valence-electron chi connectivity index (χ3n) is 2.69. The first kappa shape index (κ1) is 15.0. The number of rotatable bonds is 7. The third kappa shape index (κ3) is 4.69. The van der Waals surface area contributed by atoms with Crippen molar-refractivity contribution in [1.29, 1.82) is 0 Å². The second-order valence-electron chi connectivity index (χ2n) is 4.11. The van der Waals surface area contributed by atoms with E-state index in [1.54, 1.807) is 19.2 Å². The van der Waals surface area contributed by atoms with Crippen molar-refractivity contribution >= 4 is 13.1 Å². The van der Waals surface area contributed by atoms with Gasteiger partial charge in [0.05, 0.1) is 19.4 Å². The second-order valence-corrected chi connectivity index (χ2v) is 6.70. The van der Waals surface area contributed by atoms with Gasteiger partial charge in [-0.2, -0.15) is 0 Å². The van der Waals surface area contributed by atoms with E-state index in [0.29, 0.717) is 24.5 Å². The highest BCUT2D eigenvalue weighted by molar-refractivity contribution is 7.58. The van der Waals surface area contributed by atoms with E-state index in [0.717, 1.165) is 5.56 Å². The van der Waals surface area contributed by atoms with Crippen LogP contribution in [-0.4, -0.2) is 38.0 Å². The normalized spacial score (nSPS) is 14.2. The molecule has 0 bridgehead atoms. The van der Waals surface area contributed by atoms with Gasteiger partial charge >= 0.3 is 0 Å². The highest BCUT2D eigenvalue weighted by Gasteiger charge is 2.17. The molecule has 0 fully saturated rings. The van der Waals surface area contributed by atoms with Gasteiger partial charge in [0.15, 0.2) is 0 Å². The molecule has 18 heavy (non-hydrogen) atoms. The summed E-state index contributed by atoms with van der Waals surface area (Å²) in [4.78, 5) is 9.71. The molecule has 0 saturated carbocycles. The maximum Gasteiger partial charge on any atom is 0.203 e. The molecule has 3 N–H and O–H groups in total. The minimum atomic E-state index is -3.11. The smallest absolute Gasteiger partial charge is 0.203 e. The summed E-state index contributed by atoms with van der Waals surface area (Å²) >= 11 is 0. The number of nitrogen functional groups attached to an aromatic ring is 1. The Bertz CT molecular complexity index is 436. The Balaban J connectivity index is 2.60. The van der Waals surface area contributed by atoms with E-state index in [4.69, 9.17) is 15.2 Å². The Hall–Kier alpha value is -1.03. The zero-order chi connectivity index (χ0) is 13.6. The Morgan fingerprint density at radius 1 is 1.33 bits per heavy atom. The largest absolute Gasteiger partial charge is 0.495 e. The number of anilines is 1. The fraction of sp³-hybridized carbons (Fsp3) is 0.500. The van der Waals surface area contributed by atoms with E-state index < -0.39 is 7.37 Å². The van der Waals surface area contributed by atoms with Gasteiger partial charge in [0, 0.05) is 19.4 Å². The molecule has 6 heteroatoms. The van der Waals surface area contributed by atoms with Crippen LogP contribution < -0.4 is 10.5 Å². The third-order valence-corrected chi connectivity index (χ3v) is 4.50. The number of hydrogen-bond acceptors (Lipinski definition) is 4. The number of ether oxygens (including phenoxy) is 2. The molecule has 1 aromatic rings. The van der Waals surface area contributed by atoms with Gasteiger partial charge in [-0.3, -0.25) is 4.57 Å². The van der Waals surface area contributed by atoms with Crippen molar-refractivity contribution in [2.75, 3.05) is 38.9 Å². The van der Waals surface area contributed by atoms with Crippen molar-refractivity contribution in [1.82, 2.24) is 0 Å². The van der Waals surface area contributed by atoms with E-state index in [2.05, 4.69) is 0 Å². The van der Waals surface area contributed by atoms with Gasteiger partial charge in [0.1, 0.15) is 5.75 Å². The predicted molar refractivity (Wildman–Crippen MR) is 72.5 cm³/mol. The first-order chi connectivity index (χ1) is 8.48. The van der Waals surface area contributed by atoms with Crippen molar-refractivity contribution in [2.45, 2.75) is 6.42 Å². The van der Waals surface area contributed by atoms with Gasteiger partial charge in [0.25, 0.3) is 0 Å². The van der Waals surface area contributed by atoms with E-state index in [1.807, 2.05) is 6.07 Å². The number of hydrogen-bond donors (Lipinski definition) is 2. The lowest BCUT2D eigenvalue weighted by Crippen LogP contribution is -2.03. The zero-order valence-electron chi connectivity index (χ0n) is 10.8. The van der Waals surface area contributed by atoms with Crippen LogP contribution in [-0.2, 0) is 15.7 Å². The summed E-state index contributed by atoms with van der Waals surface area (Å²) in [5.41, 5.74) is 7.20. The van der Waals surface area contributed by atoms with Crippen LogP contribution in [0, 0.1) is 0 Å². The topological polar surface area (TPSA) is 81.8 Å². The van der Waals surface area contributed by atoms with Crippen LogP contribution in [0.4, 0.5) is 5.69 Å². The minimum absolute atomic E-state index is 0.190. The fourth-order valence-corrected chi connectivity index (χ4v) is 2.86. The van der Waals surface area contributed by atoms with E-state index in [9.17, 15) is 9.46 Å².